The van der Waals surface area contributed by atoms with Gasteiger partial charge in [0.25, 0.3) is 5.91 Å². The second-order valence-corrected chi connectivity index (χ2v) is 20.6. The molecule has 0 saturated carbocycles. The predicted molar refractivity (Wildman–Crippen MR) is 291 cm³/mol. The van der Waals surface area contributed by atoms with Crippen LogP contribution in [-0.4, -0.2) is 112 Å². The smallest absolute Gasteiger partial charge is 0.324 e. The van der Waals surface area contributed by atoms with E-state index in [9.17, 15) is 32.7 Å². The Kier molecular flexibility index (Phi) is 20.8. The lowest BCUT2D eigenvalue weighted by atomic mass is 9.84. The van der Waals surface area contributed by atoms with Gasteiger partial charge >= 0.3 is 5.97 Å². The molecule has 7 rings (SSSR count). The Balaban J connectivity index is 0.00000315. The molecule has 3 amide bonds. The summed E-state index contributed by atoms with van der Waals surface area (Å²) in [7, 11) is -2.20. The molecule has 2 saturated heterocycles. The number of aromatic nitrogens is 2. The number of carbonyl (C=O) groups is 4. The van der Waals surface area contributed by atoms with Crippen LogP contribution in [0, 0.1) is 17.3 Å². The van der Waals surface area contributed by atoms with Crippen LogP contribution in [0.4, 0.5) is 0 Å². The minimum absolute atomic E-state index is 0. The fourth-order valence-electron chi connectivity index (χ4n) is 9.82. The van der Waals surface area contributed by atoms with E-state index in [-0.39, 0.29) is 105 Å². The molecule has 0 unspecified atom stereocenters. The summed E-state index contributed by atoms with van der Waals surface area (Å²) in [5, 5.41) is 17.5. The van der Waals surface area contributed by atoms with Gasteiger partial charge in [-0.25, -0.2) is 13.8 Å². The average Bonchev–Trinajstić information content (AvgIpc) is 3.90. The van der Waals surface area contributed by atoms with Gasteiger partial charge in [0.15, 0.2) is 0 Å². The minimum atomic E-state index is -3.73. The lowest BCUT2D eigenvalue weighted by Gasteiger charge is -2.37. The molecule has 0 spiro atoms. The molecule has 69 heavy (non-hydrogen) atoms. The van der Waals surface area contributed by atoms with Gasteiger partial charge in [-0.1, -0.05) is 53.3 Å². The van der Waals surface area contributed by atoms with E-state index < -0.39 is 63.2 Å². The number of aryl methyl sites for hydroxylation is 2. The molecule has 2 fully saturated rings. The molecule has 20 heteroatoms. The second-order valence-electron chi connectivity index (χ2n) is 18.8. The van der Waals surface area contributed by atoms with Crippen molar-refractivity contribution in [3.63, 3.8) is 0 Å². The summed E-state index contributed by atoms with van der Waals surface area (Å²) in [5.41, 5.74) is 9.92. The number of amides is 3. The highest BCUT2D eigenvalue weighted by Crippen LogP contribution is 2.41. The van der Waals surface area contributed by atoms with Gasteiger partial charge in [-0.05, 0) is 104 Å². The zero-order valence-electron chi connectivity index (χ0n) is 40.6. The molecule has 380 valence electrons. The molecule has 3 N–H and O–H groups in total. The topological polar surface area (TPSA) is 183 Å². The van der Waals surface area contributed by atoms with E-state index in [1.54, 1.807) is 26.0 Å². The Labute approximate surface area is 435 Å². The second kappa shape index (κ2) is 24.3. The number of rotatable bonds is 10. The van der Waals surface area contributed by atoms with Crippen molar-refractivity contribution in [1.82, 2.24) is 34.5 Å². The van der Waals surface area contributed by atoms with Crippen molar-refractivity contribution in [3.05, 3.63) is 83.5 Å². The van der Waals surface area contributed by atoms with E-state index in [4.69, 9.17) is 9.72 Å². The number of pyridine rings is 1. The van der Waals surface area contributed by atoms with Crippen molar-refractivity contribution in [1.29, 1.82) is 0 Å². The molecule has 4 atom stereocenters. The molecule has 0 aliphatic carbocycles. The molecular weight excluding hydrogens is 975 g/mol. The van der Waals surface area contributed by atoms with Gasteiger partial charge in [-0.2, -0.15) is 58.3 Å². The van der Waals surface area contributed by atoms with Gasteiger partial charge in [0.05, 0.1) is 18.2 Å². The van der Waals surface area contributed by atoms with Crippen LogP contribution in [0.3, 0.4) is 0 Å². The predicted octanol–water partition coefficient (Wildman–Crippen LogP) is 6.04. The summed E-state index contributed by atoms with van der Waals surface area (Å²) in [5.74, 6) is -3.03. The fourth-order valence-corrected chi connectivity index (χ4v) is 10.8. The SMILES string of the molecule is C=CS(=O)(=O)N1CC[C@H](C(=O)N(C)[C@H](C(=O)N[C@H]2Cc3cc(O)cc(c3)-c3ccc4c(c3)c(c(-c3cccnc3CC)n4CC)CC(C)(C)COC(=O)[C@@H]3CCCN(N3)C2=O)C(C)C)C1.S.S.S.S. The number of benzene rings is 2. The lowest BCUT2D eigenvalue weighted by Crippen LogP contribution is -2.62. The van der Waals surface area contributed by atoms with E-state index in [2.05, 4.69) is 67.8 Å². The van der Waals surface area contributed by atoms with E-state index in [1.807, 2.05) is 24.4 Å². The number of cyclic esters (lactones) is 1. The molecule has 0 radical (unpaired) electrons. The van der Waals surface area contributed by atoms with Crippen molar-refractivity contribution in [2.75, 3.05) is 33.3 Å². The number of aromatic hydroxyl groups is 1. The van der Waals surface area contributed by atoms with Crippen LogP contribution >= 0.6 is 54.0 Å². The summed E-state index contributed by atoms with van der Waals surface area (Å²) < 4.78 is 34.6. The normalized spacial score (nSPS) is 19.9. The molecule has 2 aromatic carbocycles. The van der Waals surface area contributed by atoms with Crippen molar-refractivity contribution in [2.24, 2.45) is 17.3 Å². The lowest BCUT2D eigenvalue weighted by molar-refractivity contribution is -0.155. The highest BCUT2D eigenvalue weighted by Gasteiger charge is 2.41. The first-order valence-corrected chi connectivity index (χ1v) is 24.2. The summed E-state index contributed by atoms with van der Waals surface area (Å²) in [6, 6.07) is 12.5. The number of nitrogens with one attached hydrogen (secondary N) is 2. The van der Waals surface area contributed by atoms with E-state index in [0.29, 0.717) is 36.9 Å². The maximum atomic E-state index is 14.7. The minimum Gasteiger partial charge on any atom is -0.508 e. The van der Waals surface area contributed by atoms with Crippen molar-refractivity contribution in [3.8, 4) is 28.1 Å². The van der Waals surface area contributed by atoms with E-state index in [0.717, 1.165) is 50.8 Å². The molecule has 3 aliphatic rings. The Morgan fingerprint density at radius 3 is 2.43 bits per heavy atom. The Morgan fingerprint density at radius 1 is 1.04 bits per heavy atom. The number of phenolic OH excluding ortho intramolecular Hbond substituents is 1. The number of fused-ring (bicyclic) bond motifs is 6. The first-order chi connectivity index (χ1) is 30.9. The molecule has 4 aromatic rings. The standard InChI is InChI=1S/C49H63N7O8S.4H2S/c1-9-39-36(14-12-19-50-39)44-38-27-49(6,7)29-64-48(61)40-15-13-20-56(52-40)47(60)41(24-31-22-34(25-35(57)23-31)32-16-17-42(37(38)26-32)55(44)10-2)51-45(58)43(30(4)5)53(8)46(59)33-18-21-54(28-33)65(62,63)11-3;;;;/h11-12,14,16-17,19,22-23,25-26,30,33,40-41,43,52,57H,3,9-10,13,15,18,20-21,24,27-29H2,1-2,4-8H3,(H,51,58);4*1H2/t33-,40-,41-,43-;;;;/m0..../s1. The molecule has 2 aromatic heterocycles. The summed E-state index contributed by atoms with van der Waals surface area (Å²) in [4.78, 5) is 63.1. The zero-order chi connectivity index (χ0) is 47.0. The number of hydrogen-bond donors (Lipinski definition) is 3. The maximum Gasteiger partial charge on any atom is 0.324 e. The Hall–Kier alpha value is -4.18. The number of ether oxygens (including phenoxy) is 1. The number of carbonyl (C=O) groups excluding carboxylic acids is 4. The van der Waals surface area contributed by atoms with E-state index in [1.165, 1.54) is 21.3 Å². The monoisotopic (exact) mass is 1050 g/mol. The van der Waals surface area contributed by atoms with Crippen LogP contribution in [0.15, 0.2) is 66.7 Å². The van der Waals surface area contributed by atoms with Gasteiger partial charge in [0, 0.05) is 78.8 Å². The average molecular weight is 1050 g/mol. The van der Waals surface area contributed by atoms with E-state index >= 15 is 0 Å². The number of esters is 1. The van der Waals surface area contributed by atoms with Crippen LogP contribution in [-0.2, 0) is 59.7 Å². The van der Waals surface area contributed by atoms with Gasteiger partial charge in [-0.15, -0.1) is 0 Å². The summed E-state index contributed by atoms with van der Waals surface area (Å²) in [6.07, 6.45) is 4.32. The zero-order valence-corrected chi connectivity index (χ0v) is 45.4. The number of nitrogens with zero attached hydrogens (tertiary/aromatic N) is 5. The third-order valence-electron chi connectivity index (χ3n) is 13.1. The largest absolute Gasteiger partial charge is 0.508 e. The number of phenols is 1. The maximum absolute atomic E-state index is 14.7. The quantitative estimate of drug-likeness (QED) is 0.159. The van der Waals surface area contributed by atoms with Crippen molar-refractivity contribution < 1.29 is 37.4 Å². The highest BCUT2D eigenvalue weighted by molar-refractivity contribution is 7.92. The Morgan fingerprint density at radius 2 is 1.77 bits per heavy atom. The molecule has 3 aliphatic heterocycles. The molecule has 15 nitrogen and oxygen atoms in total. The van der Waals surface area contributed by atoms with Crippen LogP contribution in [0.1, 0.15) is 77.6 Å². The van der Waals surface area contributed by atoms with Crippen LogP contribution in [0.25, 0.3) is 33.3 Å². The van der Waals surface area contributed by atoms with Crippen molar-refractivity contribution >= 4 is 98.6 Å². The van der Waals surface area contributed by atoms with Gasteiger partial charge < -0.3 is 24.6 Å². The number of likely N-dealkylation sites (N-methyl/N-ethyl adjacent to an activating group) is 1. The highest BCUT2D eigenvalue weighted by atomic mass is 32.2. The van der Waals surface area contributed by atoms with Crippen LogP contribution in [0.2, 0.25) is 0 Å². The Bertz CT molecular complexity index is 2620. The van der Waals surface area contributed by atoms with Crippen LogP contribution < -0.4 is 10.7 Å². The molecule has 5 heterocycles. The van der Waals surface area contributed by atoms with Gasteiger partial charge in [-0.3, -0.25) is 29.2 Å². The molecular formula is C49H71N7O8S5. The molecule has 6 bridgehead atoms. The number of hydrogen-bond acceptors (Lipinski definition) is 10. The third-order valence-corrected chi connectivity index (χ3v) is 14.5. The first-order valence-electron chi connectivity index (χ1n) is 22.7. The third kappa shape index (κ3) is 12.7. The first kappa shape index (κ1) is 59.1. The van der Waals surface area contributed by atoms with Gasteiger partial charge in [0.1, 0.15) is 23.9 Å². The summed E-state index contributed by atoms with van der Waals surface area (Å²) >= 11 is 0. The van der Waals surface area contributed by atoms with Crippen molar-refractivity contribution in [2.45, 2.75) is 105 Å². The van der Waals surface area contributed by atoms with Crippen LogP contribution in [0.5, 0.6) is 5.75 Å². The number of sulfonamides is 1. The number of hydrazine groups is 1. The van der Waals surface area contributed by atoms with Gasteiger partial charge in [0.2, 0.25) is 21.8 Å². The summed E-state index contributed by atoms with van der Waals surface area (Å²) in [6.45, 7) is 16.6. The fraction of sp³-hybridized carbons (Fsp3) is 0.490.